The van der Waals surface area contributed by atoms with Gasteiger partial charge in [0, 0.05) is 37.7 Å². The van der Waals surface area contributed by atoms with Crippen molar-refractivity contribution in [2.75, 3.05) is 24.5 Å². The molecule has 0 saturated carbocycles. The Balaban J connectivity index is 1.44. The van der Waals surface area contributed by atoms with Gasteiger partial charge in [-0.2, -0.15) is 0 Å². The molecule has 0 aliphatic carbocycles. The van der Waals surface area contributed by atoms with Gasteiger partial charge >= 0.3 is 0 Å². The number of nitrogens with zero attached hydrogens (tertiary/aromatic N) is 4. The standard InChI is InChI=1S/C26H30N4O2/c1-19-10-12-21(13-11-19)29-17-20(16-24(29)31)26-27-22-8-4-5-9-23(22)30(26)18-25(32)28-14-6-2-3-7-15-28/h4-5,8-13,20H,2-3,6-7,14-18H2,1H3. The first-order valence-electron chi connectivity index (χ1n) is 11.7. The maximum atomic E-state index is 13.2. The number of hydrogen-bond acceptors (Lipinski definition) is 3. The lowest BCUT2D eigenvalue weighted by molar-refractivity contribution is -0.131. The topological polar surface area (TPSA) is 58.4 Å². The van der Waals surface area contributed by atoms with E-state index in [0.717, 1.165) is 48.5 Å². The fraction of sp³-hybridized carbons (Fsp3) is 0.423. The Morgan fingerprint density at radius 1 is 1.00 bits per heavy atom. The molecule has 0 spiro atoms. The first kappa shape index (κ1) is 20.7. The van der Waals surface area contributed by atoms with Crippen LogP contribution in [0.1, 0.15) is 49.4 Å². The van der Waals surface area contributed by atoms with Crippen LogP contribution in [-0.2, 0) is 16.1 Å². The number of para-hydroxylation sites is 2. The summed E-state index contributed by atoms with van der Waals surface area (Å²) in [6.07, 6.45) is 4.96. The fourth-order valence-corrected chi connectivity index (χ4v) is 4.98. The van der Waals surface area contributed by atoms with Gasteiger partial charge < -0.3 is 14.4 Å². The molecule has 166 valence electrons. The number of carbonyl (C=O) groups excluding carboxylic acids is 2. The van der Waals surface area contributed by atoms with E-state index in [1.54, 1.807) is 0 Å². The zero-order valence-corrected chi connectivity index (χ0v) is 18.7. The van der Waals surface area contributed by atoms with Crippen molar-refractivity contribution in [1.29, 1.82) is 0 Å². The maximum Gasteiger partial charge on any atom is 0.242 e. The first-order chi connectivity index (χ1) is 15.6. The van der Waals surface area contributed by atoms with Crippen LogP contribution in [0.15, 0.2) is 48.5 Å². The zero-order valence-electron chi connectivity index (χ0n) is 18.7. The van der Waals surface area contributed by atoms with Crippen LogP contribution in [0.5, 0.6) is 0 Å². The lowest BCUT2D eigenvalue weighted by Gasteiger charge is -2.22. The molecule has 1 atom stereocenters. The summed E-state index contributed by atoms with van der Waals surface area (Å²) in [6.45, 7) is 4.59. The molecule has 6 heteroatoms. The molecule has 2 aliphatic rings. The Morgan fingerprint density at radius 3 is 2.47 bits per heavy atom. The highest BCUT2D eigenvalue weighted by Crippen LogP contribution is 2.33. The van der Waals surface area contributed by atoms with E-state index < -0.39 is 0 Å². The second kappa shape index (κ2) is 8.77. The van der Waals surface area contributed by atoms with Crippen molar-refractivity contribution >= 4 is 28.5 Å². The molecule has 0 bridgehead atoms. The molecule has 32 heavy (non-hydrogen) atoms. The highest BCUT2D eigenvalue weighted by atomic mass is 16.2. The molecule has 6 nitrogen and oxygen atoms in total. The highest BCUT2D eigenvalue weighted by Gasteiger charge is 2.35. The Bertz CT molecular complexity index is 1130. The van der Waals surface area contributed by atoms with Crippen LogP contribution in [0.3, 0.4) is 0 Å². The van der Waals surface area contributed by atoms with E-state index in [0.29, 0.717) is 13.0 Å². The lowest BCUT2D eigenvalue weighted by atomic mass is 10.1. The van der Waals surface area contributed by atoms with Crippen molar-refractivity contribution in [3.8, 4) is 0 Å². The predicted molar refractivity (Wildman–Crippen MR) is 126 cm³/mol. The van der Waals surface area contributed by atoms with Gasteiger partial charge in [0.25, 0.3) is 0 Å². The lowest BCUT2D eigenvalue weighted by Crippen LogP contribution is -2.35. The number of aromatic nitrogens is 2. The Labute approximate surface area is 188 Å². The summed E-state index contributed by atoms with van der Waals surface area (Å²) in [7, 11) is 0. The van der Waals surface area contributed by atoms with Gasteiger partial charge in [-0.25, -0.2) is 4.98 Å². The molecule has 2 amide bonds. The van der Waals surface area contributed by atoms with Crippen LogP contribution >= 0.6 is 0 Å². The third-order valence-corrected chi connectivity index (χ3v) is 6.77. The van der Waals surface area contributed by atoms with Gasteiger partial charge in [0.1, 0.15) is 12.4 Å². The molecular formula is C26H30N4O2. The molecule has 2 aromatic carbocycles. The molecule has 0 N–H and O–H groups in total. The van der Waals surface area contributed by atoms with Gasteiger partial charge in [0.05, 0.1) is 11.0 Å². The van der Waals surface area contributed by atoms with Gasteiger partial charge in [0.15, 0.2) is 0 Å². The Kier molecular flexibility index (Phi) is 5.68. The molecule has 3 aromatic rings. The molecule has 0 radical (unpaired) electrons. The van der Waals surface area contributed by atoms with Crippen LogP contribution in [0.2, 0.25) is 0 Å². The molecule has 1 unspecified atom stereocenters. The van der Waals surface area contributed by atoms with Crippen LogP contribution in [0, 0.1) is 6.92 Å². The summed E-state index contributed by atoms with van der Waals surface area (Å²) in [4.78, 5) is 34.9. The minimum atomic E-state index is -0.0341. The summed E-state index contributed by atoms with van der Waals surface area (Å²) < 4.78 is 2.05. The highest BCUT2D eigenvalue weighted by molar-refractivity contribution is 5.96. The molecule has 2 saturated heterocycles. The second-order valence-electron chi connectivity index (χ2n) is 9.08. The Hall–Kier alpha value is -3.15. The number of benzene rings is 2. The molecule has 2 aliphatic heterocycles. The molecule has 3 heterocycles. The number of likely N-dealkylation sites (tertiary alicyclic amines) is 1. The summed E-state index contributed by atoms with van der Waals surface area (Å²) in [5.74, 6) is 1.07. The minimum Gasteiger partial charge on any atom is -0.341 e. The number of aryl methyl sites for hydroxylation is 1. The number of fused-ring (bicyclic) bond motifs is 1. The summed E-state index contributed by atoms with van der Waals surface area (Å²) in [6, 6.07) is 16.0. The second-order valence-corrected chi connectivity index (χ2v) is 9.08. The van der Waals surface area contributed by atoms with E-state index in [1.807, 2.05) is 65.3 Å². The maximum absolute atomic E-state index is 13.2. The van der Waals surface area contributed by atoms with E-state index in [9.17, 15) is 9.59 Å². The average molecular weight is 431 g/mol. The van der Waals surface area contributed by atoms with Crippen molar-refractivity contribution in [2.45, 2.75) is 51.5 Å². The minimum absolute atomic E-state index is 0.0341. The zero-order chi connectivity index (χ0) is 22.1. The monoisotopic (exact) mass is 430 g/mol. The predicted octanol–water partition coefficient (Wildman–Crippen LogP) is 4.27. The van der Waals surface area contributed by atoms with E-state index >= 15 is 0 Å². The van der Waals surface area contributed by atoms with Crippen LogP contribution in [-0.4, -0.2) is 45.9 Å². The SMILES string of the molecule is Cc1ccc(N2CC(c3nc4ccccc4n3CC(=O)N3CCCCCC3)CC2=O)cc1. The number of hydrogen-bond donors (Lipinski definition) is 0. The normalized spacial score (nSPS) is 19.5. The van der Waals surface area contributed by atoms with Crippen LogP contribution in [0.4, 0.5) is 5.69 Å². The van der Waals surface area contributed by atoms with Gasteiger partial charge in [-0.05, 0) is 44.0 Å². The van der Waals surface area contributed by atoms with Crippen molar-refractivity contribution < 1.29 is 9.59 Å². The summed E-state index contributed by atoms with van der Waals surface area (Å²) in [5, 5.41) is 0. The number of rotatable bonds is 4. The molecule has 5 rings (SSSR count). The van der Waals surface area contributed by atoms with Gasteiger partial charge in [-0.3, -0.25) is 9.59 Å². The van der Waals surface area contributed by atoms with E-state index in [4.69, 9.17) is 4.98 Å². The van der Waals surface area contributed by atoms with E-state index in [1.165, 1.54) is 18.4 Å². The third kappa shape index (κ3) is 4.01. The number of anilines is 1. The van der Waals surface area contributed by atoms with Gasteiger partial charge in [-0.15, -0.1) is 0 Å². The van der Waals surface area contributed by atoms with E-state index in [2.05, 4.69) is 4.57 Å². The molecule has 2 fully saturated rings. The van der Waals surface area contributed by atoms with Crippen LogP contribution < -0.4 is 4.90 Å². The quantitative estimate of drug-likeness (QED) is 0.621. The largest absolute Gasteiger partial charge is 0.341 e. The van der Waals surface area contributed by atoms with Crippen molar-refractivity contribution in [3.63, 3.8) is 0 Å². The Morgan fingerprint density at radius 2 is 1.72 bits per heavy atom. The van der Waals surface area contributed by atoms with Gasteiger partial charge in [-0.1, -0.05) is 42.7 Å². The van der Waals surface area contributed by atoms with E-state index in [-0.39, 0.29) is 24.3 Å². The third-order valence-electron chi connectivity index (χ3n) is 6.77. The number of imidazole rings is 1. The molecular weight excluding hydrogens is 400 g/mol. The smallest absolute Gasteiger partial charge is 0.242 e. The van der Waals surface area contributed by atoms with Crippen LogP contribution in [0.25, 0.3) is 11.0 Å². The first-order valence-corrected chi connectivity index (χ1v) is 11.7. The van der Waals surface area contributed by atoms with Crippen molar-refractivity contribution in [2.24, 2.45) is 0 Å². The fourth-order valence-electron chi connectivity index (χ4n) is 4.98. The number of carbonyl (C=O) groups is 2. The number of amides is 2. The van der Waals surface area contributed by atoms with Crippen molar-refractivity contribution in [3.05, 3.63) is 59.9 Å². The summed E-state index contributed by atoms with van der Waals surface area (Å²) >= 11 is 0. The average Bonchev–Trinajstić information content (AvgIpc) is 3.22. The van der Waals surface area contributed by atoms with Crippen molar-refractivity contribution in [1.82, 2.24) is 14.5 Å². The summed E-state index contributed by atoms with van der Waals surface area (Å²) in [5.41, 5.74) is 3.94. The van der Waals surface area contributed by atoms with Gasteiger partial charge in [0.2, 0.25) is 11.8 Å². The molecule has 1 aromatic heterocycles.